The largest absolute Gasteiger partial charge is 0.493 e. The van der Waals surface area contributed by atoms with E-state index in [2.05, 4.69) is 15.4 Å². The maximum atomic E-state index is 5.32. The molecule has 96 valence electrons. The van der Waals surface area contributed by atoms with Gasteiger partial charge in [0.1, 0.15) is 0 Å². The molecule has 0 spiro atoms. The molecule has 6 heteroatoms. The number of aryl methyl sites for hydroxylation is 1. The summed E-state index contributed by atoms with van der Waals surface area (Å²) in [5, 5.41) is 0. The van der Waals surface area contributed by atoms with Crippen molar-refractivity contribution in [1.29, 1.82) is 0 Å². The SMILES string of the molecule is COc1ccc(-c2nc(NN)[nH]c2C)cc1OC. The molecule has 2 rings (SSSR count). The summed E-state index contributed by atoms with van der Waals surface area (Å²) in [4.78, 5) is 7.38. The van der Waals surface area contributed by atoms with Crippen molar-refractivity contribution in [1.82, 2.24) is 9.97 Å². The number of hydrogen-bond acceptors (Lipinski definition) is 5. The molecular formula is C12H16N4O2. The number of hydrazine groups is 1. The molecule has 0 aliphatic rings. The number of rotatable bonds is 4. The standard InChI is InChI=1S/C12H16N4O2/c1-7-11(15-12(14-7)16-13)8-4-5-9(17-2)10(6-8)18-3/h4-6H,13H2,1-3H3,(H2,14,15,16). The predicted molar refractivity (Wildman–Crippen MR) is 69.7 cm³/mol. The Kier molecular flexibility index (Phi) is 3.38. The summed E-state index contributed by atoms with van der Waals surface area (Å²) in [6.07, 6.45) is 0. The van der Waals surface area contributed by atoms with Crippen LogP contribution in [0.1, 0.15) is 5.69 Å². The number of aromatic amines is 1. The molecule has 0 saturated carbocycles. The molecule has 2 aromatic rings. The minimum atomic E-state index is 0.525. The molecule has 0 saturated heterocycles. The lowest BCUT2D eigenvalue weighted by molar-refractivity contribution is 0.355. The van der Waals surface area contributed by atoms with Crippen molar-refractivity contribution in [2.45, 2.75) is 6.92 Å². The molecule has 0 amide bonds. The van der Waals surface area contributed by atoms with E-state index >= 15 is 0 Å². The molecule has 0 atom stereocenters. The topological polar surface area (TPSA) is 85.2 Å². The van der Waals surface area contributed by atoms with Gasteiger partial charge in [-0.3, -0.25) is 5.43 Å². The van der Waals surface area contributed by atoms with Crippen LogP contribution in [0.25, 0.3) is 11.3 Å². The highest BCUT2D eigenvalue weighted by atomic mass is 16.5. The summed E-state index contributed by atoms with van der Waals surface area (Å²) in [5.74, 6) is 7.20. The fourth-order valence-electron chi connectivity index (χ4n) is 1.79. The Morgan fingerprint density at radius 2 is 1.94 bits per heavy atom. The summed E-state index contributed by atoms with van der Waals surface area (Å²) < 4.78 is 10.5. The average molecular weight is 248 g/mol. The predicted octanol–water partition coefficient (Wildman–Crippen LogP) is 1.69. The van der Waals surface area contributed by atoms with E-state index in [9.17, 15) is 0 Å². The van der Waals surface area contributed by atoms with Gasteiger partial charge < -0.3 is 14.5 Å². The van der Waals surface area contributed by atoms with Crippen molar-refractivity contribution in [3.63, 3.8) is 0 Å². The maximum absolute atomic E-state index is 5.32. The van der Waals surface area contributed by atoms with Crippen molar-refractivity contribution >= 4 is 5.95 Å². The van der Waals surface area contributed by atoms with Crippen molar-refractivity contribution in [3.8, 4) is 22.8 Å². The van der Waals surface area contributed by atoms with Gasteiger partial charge in [-0.05, 0) is 25.1 Å². The van der Waals surface area contributed by atoms with E-state index in [1.165, 1.54) is 0 Å². The van der Waals surface area contributed by atoms with E-state index < -0.39 is 0 Å². The average Bonchev–Trinajstić information content (AvgIpc) is 2.79. The highest BCUT2D eigenvalue weighted by Gasteiger charge is 2.11. The lowest BCUT2D eigenvalue weighted by atomic mass is 10.1. The van der Waals surface area contributed by atoms with Gasteiger partial charge in [0.2, 0.25) is 5.95 Å². The Hall–Kier alpha value is -2.21. The number of imidazole rings is 1. The quantitative estimate of drug-likeness (QED) is 0.566. The number of benzene rings is 1. The summed E-state index contributed by atoms with van der Waals surface area (Å²) >= 11 is 0. The van der Waals surface area contributed by atoms with E-state index in [-0.39, 0.29) is 0 Å². The van der Waals surface area contributed by atoms with E-state index in [1.54, 1.807) is 14.2 Å². The third kappa shape index (κ3) is 2.10. The van der Waals surface area contributed by atoms with Crippen LogP contribution in [0, 0.1) is 6.92 Å². The molecule has 0 aliphatic carbocycles. The lowest BCUT2D eigenvalue weighted by Gasteiger charge is -2.08. The summed E-state index contributed by atoms with van der Waals surface area (Å²) in [5.41, 5.74) is 5.17. The Balaban J connectivity index is 2.47. The minimum absolute atomic E-state index is 0.525. The van der Waals surface area contributed by atoms with Gasteiger partial charge >= 0.3 is 0 Å². The summed E-state index contributed by atoms with van der Waals surface area (Å²) in [6.45, 7) is 1.93. The molecule has 1 aromatic carbocycles. The lowest BCUT2D eigenvalue weighted by Crippen LogP contribution is -2.07. The first kappa shape index (κ1) is 12.3. The minimum Gasteiger partial charge on any atom is -0.493 e. The molecule has 0 unspecified atom stereocenters. The van der Waals surface area contributed by atoms with Crippen molar-refractivity contribution < 1.29 is 9.47 Å². The second-order valence-corrected chi connectivity index (χ2v) is 3.77. The first-order valence-corrected chi connectivity index (χ1v) is 5.45. The van der Waals surface area contributed by atoms with Crippen LogP contribution in [-0.4, -0.2) is 24.2 Å². The number of hydrogen-bond donors (Lipinski definition) is 3. The smallest absolute Gasteiger partial charge is 0.215 e. The Morgan fingerprint density at radius 3 is 2.50 bits per heavy atom. The molecule has 1 heterocycles. The van der Waals surface area contributed by atoms with Gasteiger partial charge in [-0.25, -0.2) is 10.8 Å². The zero-order chi connectivity index (χ0) is 13.1. The zero-order valence-corrected chi connectivity index (χ0v) is 10.6. The number of aromatic nitrogens is 2. The summed E-state index contributed by atoms with van der Waals surface area (Å²) in [7, 11) is 3.21. The Bertz CT molecular complexity index is 551. The highest BCUT2D eigenvalue weighted by molar-refractivity contribution is 5.67. The number of nitrogens with zero attached hydrogens (tertiary/aromatic N) is 1. The number of anilines is 1. The number of nitrogens with one attached hydrogen (secondary N) is 2. The molecule has 0 bridgehead atoms. The van der Waals surface area contributed by atoms with Crippen LogP contribution in [-0.2, 0) is 0 Å². The third-order valence-corrected chi connectivity index (χ3v) is 2.68. The summed E-state index contributed by atoms with van der Waals surface area (Å²) in [6, 6.07) is 5.64. The van der Waals surface area contributed by atoms with Gasteiger partial charge in [0.05, 0.1) is 19.9 Å². The number of H-pyrrole nitrogens is 1. The second-order valence-electron chi connectivity index (χ2n) is 3.77. The number of methoxy groups -OCH3 is 2. The first-order valence-electron chi connectivity index (χ1n) is 5.45. The van der Waals surface area contributed by atoms with Crippen molar-refractivity contribution in [2.24, 2.45) is 5.84 Å². The van der Waals surface area contributed by atoms with Crippen LogP contribution in [0.5, 0.6) is 11.5 Å². The van der Waals surface area contributed by atoms with Crippen LogP contribution in [0.4, 0.5) is 5.95 Å². The van der Waals surface area contributed by atoms with Crippen LogP contribution in [0.15, 0.2) is 18.2 Å². The number of ether oxygens (including phenoxy) is 2. The van der Waals surface area contributed by atoms with Crippen molar-refractivity contribution in [2.75, 3.05) is 19.6 Å². The van der Waals surface area contributed by atoms with Gasteiger partial charge in [-0.2, -0.15) is 0 Å². The van der Waals surface area contributed by atoms with Gasteiger partial charge in [0.15, 0.2) is 11.5 Å². The van der Waals surface area contributed by atoms with E-state index in [0.717, 1.165) is 17.0 Å². The van der Waals surface area contributed by atoms with Crippen molar-refractivity contribution in [3.05, 3.63) is 23.9 Å². The molecule has 0 radical (unpaired) electrons. The number of nitrogen functional groups attached to an aromatic ring is 1. The molecule has 0 aliphatic heterocycles. The third-order valence-electron chi connectivity index (χ3n) is 2.68. The highest BCUT2D eigenvalue weighted by Crippen LogP contribution is 2.32. The second kappa shape index (κ2) is 4.97. The molecule has 0 fully saturated rings. The van der Waals surface area contributed by atoms with E-state index in [1.807, 2.05) is 25.1 Å². The Labute approximate surface area is 105 Å². The molecular weight excluding hydrogens is 232 g/mol. The normalized spacial score (nSPS) is 10.2. The molecule has 6 nitrogen and oxygen atoms in total. The fraction of sp³-hybridized carbons (Fsp3) is 0.250. The molecule has 4 N–H and O–H groups in total. The Morgan fingerprint density at radius 1 is 1.22 bits per heavy atom. The first-order chi connectivity index (χ1) is 8.69. The maximum Gasteiger partial charge on any atom is 0.215 e. The molecule has 18 heavy (non-hydrogen) atoms. The fourth-order valence-corrected chi connectivity index (χ4v) is 1.79. The van der Waals surface area contributed by atoms with E-state index in [4.69, 9.17) is 15.3 Å². The van der Waals surface area contributed by atoms with Crippen LogP contribution >= 0.6 is 0 Å². The zero-order valence-electron chi connectivity index (χ0n) is 10.6. The van der Waals surface area contributed by atoms with E-state index in [0.29, 0.717) is 17.4 Å². The van der Waals surface area contributed by atoms with Gasteiger partial charge in [0.25, 0.3) is 0 Å². The van der Waals surface area contributed by atoms with Crippen LogP contribution < -0.4 is 20.7 Å². The van der Waals surface area contributed by atoms with Gasteiger partial charge in [-0.1, -0.05) is 0 Å². The number of nitrogens with two attached hydrogens (primary N) is 1. The van der Waals surface area contributed by atoms with Gasteiger partial charge in [0, 0.05) is 11.3 Å². The van der Waals surface area contributed by atoms with Crippen LogP contribution in [0.3, 0.4) is 0 Å². The monoisotopic (exact) mass is 248 g/mol. The van der Waals surface area contributed by atoms with Crippen LogP contribution in [0.2, 0.25) is 0 Å². The molecule has 1 aromatic heterocycles. The van der Waals surface area contributed by atoms with Gasteiger partial charge in [-0.15, -0.1) is 0 Å².